The molecule has 1 unspecified atom stereocenters. The lowest BCUT2D eigenvalue weighted by Crippen LogP contribution is -2.48. The molecule has 4 heterocycles. The van der Waals surface area contributed by atoms with Gasteiger partial charge in [-0.15, -0.1) is 0 Å². The molecule has 2 aliphatic rings. The highest BCUT2D eigenvalue weighted by atomic mass is 35.5. The summed E-state index contributed by atoms with van der Waals surface area (Å²) in [6, 6.07) is 2.08. The van der Waals surface area contributed by atoms with Gasteiger partial charge in [-0.1, -0.05) is 11.6 Å². The molecule has 0 bridgehead atoms. The topological polar surface area (TPSA) is 195 Å². The third kappa shape index (κ3) is 7.83. The van der Waals surface area contributed by atoms with Crippen LogP contribution >= 0.6 is 11.6 Å². The standard InChI is InChI=1S/C17H17ClN6O3.C7H11NO5/c1-22-6-8-23(9-7-22)17(26)27-16-14-13(19-4-5-20-14)15(25)24(16)12-3-2-11(18)10-21-12;1-4(9)8-5(7(12)13)2-3-6(10)11/h2-5,10,16H,6-9H2,1H3;5H,2-3H2,1H3,(H,8,9)(H,10,11)(H,12,13)/t;5-/m.1/s1. The third-order valence-corrected chi connectivity index (χ3v) is 6.09. The number of ether oxygens (including phenoxy) is 1. The van der Waals surface area contributed by atoms with Crippen LogP contribution in [0.15, 0.2) is 30.7 Å². The molecule has 3 amide bonds. The number of rotatable bonds is 7. The highest BCUT2D eigenvalue weighted by molar-refractivity contribution is 6.30. The molecular formula is C24H28ClN7O8. The van der Waals surface area contributed by atoms with E-state index < -0.39 is 42.1 Å². The molecule has 2 aliphatic heterocycles. The molecule has 2 atom stereocenters. The molecule has 2 aromatic rings. The van der Waals surface area contributed by atoms with Crippen LogP contribution in [0, 0.1) is 0 Å². The van der Waals surface area contributed by atoms with Gasteiger partial charge in [0.05, 0.1) is 5.02 Å². The van der Waals surface area contributed by atoms with Crippen molar-refractivity contribution in [3.05, 3.63) is 47.1 Å². The lowest BCUT2D eigenvalue weighted by molar-refractivity contribution is -0.142. The summed E-state index contributed by atoms with van der Waals surface area (Å²) in [6.07, 6.45) is 2.39. The van der Waals surface area contributed by atoms with Crippen molar-refractivity contribution in [2.45, 2.75) is 32.0 Å². The number of aromatic nitrogens is 3. The summed E-state index contributed by atoms with van der Waals surface area (Å²) in [4.78, 5) is 74.0. The van der Waals surface area contributed by atoms with E-state index in [-0.39, 0.29) is 18.5 Å². The van der Waals surface area contributed by atoms with E-state index in [4.69, 9.17) is 26.6 Å². The minimum absolute atomic E-state index is 0.107. The first-order chi connectivity index (χ1) is 19.0. The van der Waals surface area contributed by atoms with E-state index in [2.05, 4.69) is 25.2 Å². The van der Waals surface area contributed by atoms with Gasteiger partial charge >= 0.3 is 18.0 Å². The quantitative estimate of drug-likeness (QED) is 0.423. The maximum atomic E-state index is 12.8. The highest BCUT2D eigenvalue weighted by Crippen LogP contribution is 2.35. The van der Waals surface area contributed by atoms with Crippen molar-refractivity contribution in [2.75, 3.05) is 38.1 Å². The van der Waals surface area contributed by atoms with Gasteiger partial charge in [-0.2, -0.15) is 0 Å². The Kier molecular flexibility index (Phi) is 10.3. The summed E-state index contributed by atoms with van der Waals surface area (Å²) >= 11 is 5.89. The van der Waals surface area contributed by atoms with Crippen LogP contribution in [0.1, 0.15) is 42.2 Å². The SMILES string of the molecule is CC(=O)N[C@H](CCC(=O)O)C(=O)O.CN1CCN(C(=O)OC2c3nccnc3C(=O)N2c2ccc(Cl)cn2)CC1. The van der Waals surface area contributed by atoms with Crippen LogP contribution in [-0.4, -0.2) is 104 Å². The van der Waals surface area contributed by atoms with E-state index in [1.165, 1.54) is 30.4 Å². The zero-order valence-electron chi connectivity index (χ0n) is 21.7. The fourth-order valence-corrected chi connectivity index (χ4v) is 3.92. The first kappa shape index (κ1) is 30.2. The number of nitrogens with one attached hydrogen (secondary N) is 1. The van der Waals surface area contributed by atoms with Crippen molar-refractivity contribution in [1.82, 2.24) is 30.1 Å². The Hall–Kier alpha value is -4.37. The van der Waals surface area contributed by atoms with E-state index in [1.807, 2.05) is 7.05 Å². The number of halogens is 1. The fourth-order valence-electron chi connectivity index (χ4n) is 3.81. The molecular weight excluding hydrogens is 550 g/mol. The summed E-state index contributed by atoms with van der Waals surface area (Å²) in [5.74, 6) is -2.92. The lowest BCUT2D eigenvalue weighted by Gasteiger charge is -2.33. The van der Waals surface area contributed by atoms with Crippen molar-refractivity contribution in [1.29, 1.82) is 0 Å². The first-order valence-electron chi connectivity index (χ1n) is 12.1. The van der Waals surface area contributed by atoms with Crippen molar-refractivity contribution in [3.8, 4) is 0 Å². The summed E-state index contributed by atoms with van der Waals surface area (Å²) in [6.45, 7) is 3.82. The Labute approximate surface area is 233 Å². The molecule has 0 aliphatic carbocycles. The molecule has 3 N–H and O–H groups in total. The molecule has 40 heavy (non-hydrogen) atoms. The second-order valence-electron chi connectivity index (χ2n) is 8.85. The second kappa shape index (κ2) is 13.6. The molecule has 2 aromatic heterocycles. The fraction of sp³-hybridized carbons (Fsp3) is 0.417. The molecule has 1 saturated heterocycles. The molecule has 1 fully saturated rings. The Morgan fingerprint density at radius 2 is 1.77 bits per heavy atom. The van der Waals surface area contributed by atoms with E-state index >= 15 is 0 Å². The zero-order valence-corrected chi connectivity index (χ0v) is 22.4. The van der Waals surface area contributed by atoms with Crippen molar-refractivity contribution < 1.29 is 38.9 Å². The summed E-state index contributed by atoms with van der Waals surface area (Å²) in [5, 5.41) is 19.4. The van der Waals surface area contributed by atoms with Gasteiger partial charge in [-0.25, -0.2) is 24.5 Å². The van der Waals surface area contributed by atoms with Gasteiger partial charge in [0.25, 0.3) is 5.91 Å². The van der Waals surface area contributed by atoms with E-state index in [1.54, 1.807) is 17.0 Å². The number of likely N-dealkylation sites (N-methyl/N-ethyl adjacent to an activating group) is 1. The van der Waals surface area contributed by atoms with E-state index in [0.29, 0.717) is 29.6 Å². The molecule has 0 saturated carbocycles. The van der Waals surface area contributed by atoms with Gasteiger partial charge in [0, 0.05) is 58.1 Å². The monoisotopic (exact) mass is 577 g/mol. The number of carboxylic acid groups (broad SMARTS) is 2. The lowest BCUT2D eigenvalue weighted by atomic mass is 10.1. The van der Waals surface area contributed by atoms with Gasteiger partial charge in [0.15, 0.2) is 5.69 Å². The number of anilines is 1. The number of aliphatic carboxylic acids is 2. The van der Waals surface area contributed by atoms with Crippen molar-refractivity contribution in [2.24, 2.45) is 0 Å². The average Bonchev–Trinajstić information content (AvgIpc) is 3.18. The molecule has 0 radical (unpaired) electrons. The molecule has 0 spiro atoms. The van der Waals surface area contributed by atoms with Gasteiger partial charge in [0.2, 0.25) is 12.1 Å². The number of hydrogen-bond acceptors (Lipinski definition) is 10. The van der Waals surface area contributed by atoms with Crippen molar-refractivity contribution >= 4 is 47.3 Å². The third-order valence-electron chi connectivity index (χ3n) is 5.87. The van der Waals surface area contributed by atoms with Crippen LogP contribution < -0.4 is 10.2 Å². The highest BCUT2D eigenvalue weighted by Gasteiger charge is 2.44. The molecule has 16 heteroatoms. The van der Waals surface area contributed by atoms with Crippen LogP contribution in [0.2, 0.25) is 5.02 Å². The number of amides is 3. The maximum absolute atomic E-state index is 12.8. The number of piperazine rings is 1. The number of fused-ring (bicyclic) bond motifs is 1. The predicted octanol–water partition coefficient (Wildman–Crippen LogP) is 1.01. The van der Waals surface area contributed by atoms with Crippen molar-refractivity contribution in [3.63, 3.8) is 0 Å². The van der Waals surface area contributed by atoms with Gasteiger partial charge < -0.3 is 30.1 Å². The number of carbonyl (C=O) groups excluding carboxylic acids is 3. The smallest absolute Gasteiger partial charge is 0.412 e. The Bertz CT molecular complexity index is 1250. The molecule has 4 rings (SSSR count). The number of hydrogen-bond donors (Lipinski definition) is 3. The minimum Gasteiger partial charge on any atom is -0.481 e. The van der Waals surface area contributed by atoms with Crippen LogP contribution in [0.5, 0.6) is 0 Å². The number of nitrogens with zero attached hydrogens (tertiary/aromatic N) is 6. The summed E-state index contributed by atoms with van der Waals surface area (Å²) in [5.41, 5.74) is 0.437. The van der Waals surface area contributed by atoms with Gasteiger partial charge in [-0.05, 0) is 25.6 Å². The van der Waals surface area contributed by atoms with Crippen LogP contribution in [0.25, 0.3) is 0 Å². The second-order valence-corrected chi connectivity index (χ2v) is 9.29. The van der Waals surface area contributed by atoms with E-state index in [0.717, 1.165) is 13.1 Å². The Morgan fingerprint density at radius 1 is 1.10 bits per heavy atom. The number of carboxylic acids is 2. The molecule has 0 aromatic carbocycles. The number of pyridine rings is 1. The van der Waals surface area contributed by atoms with Crippen LogP contribution in [0.3, 0.4) is 0 Å². The van der Waals surface area contributed by atoms with Gasteiger partial charge in [0.1, 0.15) is 17.6 Å². The Balaban J connectivity index is 0.000000289. The molecule has 15 nitrogen and oxygen atoms in total. The van der Waals surface area contributed by atoms with Gasteiger partial charge in [-0.3, -0.25) is 19.4 Å². The van der Waals surface area contributed by atoms with Crippen LogP contribution in [0.4, 0.5) is 10.6 Å². The Morgan fingerprint density at radius 3 is 2.35 bits per heavy atom. The average molecular weight is 578 g/mol. The zero-order chi connectivity index (χ0) is 29.4. The maximum Gasteiger partial charge on any atom is 0.412 e. The number of carbonyl (C=O) groups is 5. The van der Waals surface area contributed by atoms with Crippen LogP contribution in [-0.2, 0) is 19.1 Å². The first-order valence-corrected chi connectivity index (χ1v) is 12.5. The molecule has 214 valence electrons. The summed E-state index contributed by atoms with van der Waals surface area (Å²) < 4.78 is 5.68. The minimum atomic E-state index is -1.23. The summed E-state index contributed by atoms with van der Waals surface area (Å²) in [7, 11) is 2.00. The normalized spacial score (nSPS) is 17.3. The van der Waals surface area contributed by atoms with E-state index in [9.17, 15) is 24.0 Å². The largest absolute Gasteiger partial charge is 0.481 e. The predicted molar refractivity (Wildman–Crippen MR) is 138 cm³/mol.